The van der Waals surface area contributed by atoms with Gasteiger partial charge in [-0.15, -0.1) is 0 Å². The van der Waals surface area contributed by atoms with E-state index in [0.29, 0.717) is 4.99 Å². The van der Waals surface area contributed by atoms with Crippen molar-refractivity contribution in [3.8, 4) is 5.75 Å². The van der Waals surface area contributed by atoms with Crippen LogP contribution >= 0.6 is 28.1 Å². The van der Waals surface area contributed by atoms with Crippen LogP contribution in [0.1, 0.15) is 5.56 Å². The van der Waals surface area contributed by atoms with Gasteiger partial charge in [-0.25, -0.2) is 0 Å². The van der Waals surface area contributed by atoms with E-state index in [9.17, 15) is 0 Å². The summed E-state index contributed by atoms with van der Waals surface area (Å²) in [5, 5.41) is 0. The summed E-state index contributed by atoms with van der Waals surface area (Å²) in [5.41, 5.74) is 6.88. The largest absolute Gasteiger partial charge is 0.496 e. The maximum Gasteiger partial charge on any atom is 0.133 e. The van der Waals surface area contributed by atoms with Gasteiger partial charge in [-0.2, -0.15) is 0 Å². The number of thiocarbonyl (C=S) groups is 1. The molecule has 0 radical (unpaired) electrons. The van der Waals surface area contributed by atoms with Crippen LogP contribution in [0.2, 0.25) is 0 Å². The van der Waals surface area contributed by atoms with Crippen molar-refractivity contribution >= 4 is 33.1 Å². The van der Waals surface area contributed by atoms with Gasteiger partial charge in [0.15, 0.2) is 0 Å². The third-order valence-corrected chi connectivity index (χ3v) is 4.22. The maximum atomic E-state index is 5.58. The molecule has 1 aromatic carbocycles. The molecule has 1 saturated heterocycles. The fourth-order valence-corrected chi connectivity index (χ4v) is 3.16. The number of benzene rings is 1. The van der Waals surface area contributed by atoms with Crippen LogP contribution in [-0.4, -0.2) is 54.6 Å². The van der Waals surface area contributed by atoms with Crippen LogP contribution < -0.4 is 10.5 Å². The van der Waals surface area contributed by atoms with Crippen LogP contribution in [-0.2, 0) is 6.54 Å². The van der Waals surface area contributed by atoms with E-state index in [-0.39, 0.29) is 0 Å². The molecule has 2 rings (SSSR count). The highest BCUT2D eigenvalue weighted by molar-refractivity contribution is 9.10. The molecule has 1 heterocycles. The summed E-state index contributed by atoms with van der Waals surface area (Å²) in [6, 6.07) is 6.24. The Balaban J connectivity index is 1.86. The molecule has 2 N–H and O–H groups in total. The minimum absolute atomic E-state index is 0.581. The smallest absolute Gasteiger partial charge is 0.133 e. The summed E-state index contributed by atoms with van der Waals surface area (Å²) in [4.78, 5) is 5.34. The third-order valence-electron chi connectivity index (χ3n) is 3.47. The van der Waals surface area contributed by atoms with Gasteiger partial charge in [0.05, 0.1) is 16.6 Å². The van der Waals surface area contributed by atoms with Crippen LogP contribution in [0.4, 0.5) is 0 Å². The summed E-state index contributed by atoms with van der Waals surface area (Å²) in [6.45, 7) is 5.84. The Hall–Kier alpha value is -0.690. The van der Waals surface area contributed by atoms with Gasteiger partial charge in [0.1, 0.15) is 5.75 Å². The van der Waals surface area contributed by atoms with E-state index >= 15 is 0 Å². The van der Waals surface area contributed by atoms with Gasteiger partial charge < -0.3 is 10.5 Å². The number of methoxy groups -OCH3 is 1. The lowest BCUT2D eigenvalue weighted by Gasteiger charge is -2.34. The average molecular weight is 358 g/mol. The average Bonchev–Trinajstić information content (AvgIpc) is 2.41. The summed E-state index contributed by atoms with van der Waals surface area (Å²) in [7, 11) is 1.68. The molecule has 1 fully saturated rings. The van der Waals surface area contributed by atoms with Gasteiger partial charge in [-0.3, -0.25) is 9.80 Å². The molecule has 0 aliphatic carbocycles. The number of nitrogens with two attached hydrogens (primary N) is 1. The molecule has 1 aliphatic rings. The quantitative estimate of drug-likeness (QED) is 0.814. The molecule has 20 heavy (non-hydrogen) atoms. The molecule has 110 valence electrons. The molecule has 0 bridgehead atoms. The zero-order chi connectivity index (χ0) is 14.5. The second kappa shape index (κ2) is 7.36. The van der Waals surface area contributed by atoms with Crippen molar-refractivity contribution in [1.82, 2.24) is 9.80 Å². The van der Waals surface area contributed by atoms with Gasteiger partial charge in [-0.05, 0) is 33.6 Å². The van der Waals surface area contributed by atoms with Crippen molar-refractivity contribution in [1.29, 1.82) is 0 Å². The molecule has 0 amide bonds. The van der Waals surface area contributed by atoms with Crippen LogP contribution in [0.25, 0.3) is 0 Å². The van der Waals surface area contributed by atoms with Crippen LogP contribution in [0.5, 0.6) is 5.75 Å². The van der Waals surface area contributed by atoms with E-state index in [0.717, 1.165) is 49.5 Å². The highest BCUT2D eigenvalue weighted by atomic mass is 79.9. The van der Waals surface area contributed by atoms with Crippen molar-refractivity contribution in [2.75, 3.05) is 39.8 Å². The normalized spacial score (nSPS) is 17.1. The fraction of sp³-hybridized carbons (Fsp3) is 0.500. The predicted octanol–water partition coefficient (Wildman–Crippen LogP) is 1.86. The van der Waals surface area contributed by atoms with E-state index in [2.05, 4.69) is 37.9 Å². The predicted molar refractivity (Wildman–Crippen MR) is 89.2 cm³/mol. The van der Waals surface area contributed by atoms with Gasteiger partial charge in [-0.1, -0.05) is 18.3 Å². The zero-order valence-electron chi connectivity index (χ0n) is 11.6. The topological polar surface area (TPSA) is 41.7 Å². The highest BCUT2D eigenvalue weighted by Crippen LogP contribution is 2.26. The molecule has 6 heteroatoms. The Kier molecular flexibility index (Phi) is 5.77. The van der Waals surface area contributed by atoms with Gasteiger partial charge >= 0.3 is 0 Å². The molecule has 4 nitrogen and oxygen atoms in total. The lowest BCUT2D eigenvalue weighted by atomic mass is 10.2. The van der Waals surface area contributed by atoms with Gasteiger partial charge in [0, 0.05) is 39.3 Å². The second-order valence-electron chi connectivity index (χ2n) is 4.99. The van der Waals surface area contributed by atoms with Crippen molar-refractivity contribution in [3.63, 3.8) is 0 Å². The summed E-state index contributed by atoms with van der Waals surface area (Å²) < 4.78 is 6.25. The van der Waals surface area contributed by atoms with E-state index in [1.54, 1.807) is 7.11 Å². The van der Waals surface area contributed by atoms with E-state index in [1.807, 2.05) is 6.07 Å². The maximum absolute atomic E-state index is 5.58. The van der Waals surface area contributed by atoms with Gasteiger partial charge in [0.25, 0.3) is 0 Å². The van der Waals surface area contributed by atoms with Gasteiger partial charge in [0.2, 0.25) is 0 Å². The molecule has 0 aromatic heterocycles. The first kappa shape index (κ1) is 15.7. The number of rotatable bonds is 5. The molecule has 1 aliphatic heterocycles. The first-order valence-corrected chi connectivity index (χ1v) is 7.84. The van der Waals surface area contributed by atoms with Crippen molar-refractivity contribution in [2.45, 2.75) is 6.54 Å². The molecule has 1 aromatic rings. The van der Waals surface area contributed by atoms with Crippen molar-refractivity contribution < 1.29 is 4.74 Å². The van der Waals surface area contributed by atoms with Crippen molar-refractivity contribution in [2.24, 2.45) is 5.73 Å². The Labute approximate surface area is 134 Å². The van der Waals surface area contributed by atoms with E-state index < -0.39 is 0 Å². The Bertz CT molecular complexity index is 475. The highest BCUT2D eigenvalue weighted by Gasteiger charge is 2.17. The SMILES string of the molecule is COc1ccc(CN2CCN(CC(N)=S)CC2)cc1Br. The zero-order valence-corrected chi connectivity index (χ0v) is 14.0. The van der Waals surface area contributed by atoms with E-state index in [1.165, 1.54) is 5.56 Å². The Morgan fingerprint density at radius 3 is 2.50 bits per heavy atom. The number of nitrogens with zero attached hydrogens (tertiary/aromatic N) is 2. The monoisotopic (exact) mass is 357 g/mol. The summed E-state index contributed by atoms with van der Waals surface area (Å²) >= 11 is 8.48. The molecular weight excluding hydrogens is 338 g/mol. The van der Waals surface area contributed by atoms with E-state index in [4.69, 9.17) is 22.7 Å². The fourth-order valence-electron chi connectivity index (χ4n) is 2.39. The van der Waals surface area contributed by atoms with Crippen molar-refractivity contribution in [3.05, 3.63) is 28.2 Å². The molecule has 0 saturated carbocycles. The molecular formula is C14H20BrN3OS. The number of ether oxygens (including phenoxy) is 1. The van der Waals surface area contributed by atoms with Crippen LogP contribution in [0.15, 0.2) is 22.7 Å². The first-order valence-electron chi connectivity index (χ1n) is 6.64. The number of piperazine rings is 1. The molecule has 0 atom stereocenters. The number of hydrogen-bond donors (Lipinski definition) is 1. The lowest BCUT2D eigenvalue weighted by Crippen LogP contribution is -2.48. The standard InChI is InChI=1S/C14H20BrN3OS/c1-19-13-3-2-11(8-12(13)15)9-17-4-6-18(7-5-17)10-14(16)20/h2-3,8H,4-7,9-10H2,1H3,(H2,16,20). The number of halogens is 1. The van der Waals surface area contributed by atoms with Crippen LogP contribution in [0, 0.1) is 0 Å². The van der Waals surface area contributed by atoms with Crippen LogP contribution in [0.3, 0.4) is 0 Å². The first-order chi connectivity index (χ1) is 9.58. The summed E-state index contributed by atoms with van der Waals surface area (Å²) in [5.74, 6) is 0.870. The second-order valence-corrected chi connectivity index (χ2v) is 6.37. The summed E-state index contributed by atoms with van der Waals surface area (Å²) in [6.07, 6.45) is 0. The Morgan fingerprint density at radius 2 is 1.95 bits per heavy atom. The lowest BCUT2D eigenvalue weighted by molar-refractivity contribution is 0.140. The third kappa shape index (κ3) is 4.41. The minimum atomic E-state index is 0.581. The molecule has 0 unspecified atom stereocenters. The Morgan fingerprint density at radius 1 is 1.30 bits per heavy atom. The molecule has 0 spiro atoms. The minimum Gasteiger partial charge on any atom is -0.496 e. The number of hydrogen-bond acceptors (Lipinski definition) is 4.